The predicted octanol–water partition coefficient (Wildman–Crippen LogP) is 2.17. The summed E-state index contributed by atoms with van der Waals surface area (Å²) in [5, 5.41) is 0.781. The number of nitrogens with two attached hydrogens (primary N) is 1. The Morgan fingerprint density at radius 3 is 2.92 bits per heavy atom. The third-order valence-corrected chi connectivity index (χ3v) is 3.93. The maximum atomic E-state index is 10.5. The topological polar surface area (TPSA) is 43.1 Å². The van der Waals surface area contributed by atoms with Crippen LogP contribution in [0.3, 0.4) is 0 Å². The van der Waals surface area contributed by atoms with Gasteiger partial charge in [-0.3, -0.25) is 4.79 Å². The van der Waals surface area contributed by atoms with Crippen molar-refractivity contribution in [3.05, 3.63) is 0 Å². The van der Waals surface area contributed by atoms with Crippen molar-refractivity contribution in [1.82, 2.24) is 0 Å². The molecule has 0 heterocycles. The Hall–Kier alpha value is -0.180. The molecule has 0 aliphatic heterocycles. The van der Waals surface area contributed by atoms with E-state index in [4.69, 9.17) is 5.73 Å². The van der Waals surface area contributed by atoms with Crippen molar-refractivity contribution < 1.29 is 4.79 Å². The zero-order valence-electron chi connectivity index (χ0n) is 8.29. The van der Waals surface area contributed by atoms with Gasteiger partial charge in [0.15, 0.2) is 0 Å². The summed E-state index contributed by atoms with van der Waals surface area (Å²) in [6.07, 6.45) is 5.93. The van der Waals surface area contributed by atoms with Crippen LogP contribution >= 0.6 is 11.8 Å². The van der Waals surface area contributed by atoms with E-state index in [2.05, 4.69) is 6.92 Å². The highest BCUT2D eigenvalue weighted by Crippen LogP contribution is 2.31. The summed E-state index contributed by atoms with van der Waals surface area (Å²) >= 11 is 1.93. The van der Waals surface area contributed by atoms with E-state index in [0.717, 1.165) is 16.9 Å². The molecule has 3 heteroatoms. The zero-order chi connectivity index (χ0) is 9.68. The number of thioether (sulfide) groups is 1. The fourth-order valence-electron chi connectivity index (χ4n) is 1.86. The van der Waals surface area contributed by atoms with Crippen LogP contribution in [0.15, 0.2) is 0 Å². The van der Waals surface area contributed by atoms with Gasteiger partial charge in [-0.05, 0) is 18.8 Å². The summed E-state index contributed by atoms with van der Waals surface area (Å²) < 4.78 is 0. The van der Waals surface area contributed by atoms with Gasteiger partial charge in [0, 0.05) is 17.4 Å². The van der Waals surface area contributed by atoms with Crippen LogP contribution in [0.25, 0.3) is 0 Å². The van der Waals surface area contributed by atoms with E-state index in [-0.39, 0.29) is 5.91 Å². The Balaban J connectivity index is 2.10. The maximum Gasteiger partial charge on any atom is 0.218 e. The number of carbonyl (C=O) groups excluding carboxylic acids is 1. The van der Waals surface area contributed by atoms with Crippen LogP contribution in [-0.2, 0) is 4.79 Å². The van der Waals surface area contributed by atoms with E-state index in [0.29, 0.717) is 6.42 Å². The van der Waals surface area contributed by atoms with Crippen molar-refractivity contribution in [2.24, 2.45) is 11.7 Å². The molecule has 13 heavy (non-hydrogen) atoms. The van der Waals surface area contributed by atoms with Gasteiger partial charge < -0.3 is 5.73 Å². The molecule has 0 bridgehead atoms. The molecule has 0 spiro atoms. The average molecular weight is 201 g/mol. The molecule has 1 saturated carbocycles. The molecule has 1 fully saturated rings. The predicted molar refractivity (Wildman–Crippen MR) is 57.7 cm³/mol. The molecule has 0 radical (unpaired) electrons. The second kappa shape index (κ2) is 5.53. The average Bonchev–Trinajstić information content (AvgIpc) is 2.03. The number of primary amides is 1. The minimum atomic E-state index is -0.170. The third kappa shape index (κ3) is 4.55. The largest absolute Gasteiger partial charge is 0.370 e. The normalized spacial score (nSPS) is 28.7. The lowest BCUT2D eigenvalue weighted by molar-refractivity contribution is -0.117. The molecule has 0 aromatic heterocycles. The van der Waals surface area contributed by atoms with Crippen molar-refractivity contribution in [2.75, 3.05) is 5.75 Å². The highest BCUT2D eigenvalue weighted by molar-refractivity contribution is 7.99. The SMILES string of the molecule is CC1CCCC(SCCC(N)=O)C1. The molecule has 2 N–H and O–H groups in total. The number of hydrogen-bond acceptors (Lipinski definition) is 2. The molecule has 76 valence electrons. The first-order chi connectivity index (χ1) is 6.18. The molecule has 1 amide bonds. The molecule has 1 aliphatic carbocycles. The number of amides is 1. The fraction of sp³-hybridized carbons (Fsp3) is 0.900. The monoisotopic (exact) mass is 201 g/mol. The van der Waals surface area contributed by atoms with Crippen molar-refractivity contribution >= 4 is 17.7 Å². The van der Waals surface area contributed by atoms with E-state index < -0.39 is 0 Å². The van der Waals surface area contributed by atoms with E-state index in [1.807, 2.05) is 11.8 Å². The van der Waals surface area contributed by atoms with Gasteiger partial charge >= 0.3 is 0 Å². The van der Waals surface area contributed by atoms with E-state index >= 15 is 0 Å². The van der Waals surface area contributed by atoms with Gasteiger partial charge in [-0.25, -0.2) is 0 Å². The molecule has 1 rings (SSSR count). The van der Waals surface area contributed by atoms with Crippen LogP contribution in [0.1, 0.15) is 39.0 Å². The quantitative estimate of drug-likeness (QED) is 0.757. The van der Waals surface area contributed by atoms with Gasteiger partial charge in [-0.15, -0.1) is 0 Å². The van der Waals surface area contributed by atoms with Gasteiger partial charge in [-0.1, -0.05) is 19.8 Å². The summed E-state index contributed by atoms with van der Waals surface area (Å²) in [5.41, 5.74) is 5.08. The second-order valence-corrected chi connectivity index (χ2v) is 5.39. The summed E-state index contributed by atoms with van der Waals surface area (Å²) in [6.45, 7) is 2.32. The summed E-state index contributed by atoms with van der Waals surface area (Å²) in [5.74, 6) is 1.61. The lowest BCUT2D eigenvalue weighted by Crippen LogP contribution is -2.17. The molecule has 1 aliphatic rings. The highest BCUT2D eigenvalue weighted by atomic mass is 32.2. The lowest BCUT2D eigenvalue weighted by Gasteiger charge is -2.25. The molecular weight excluding hydrogens is 182 g/mol. The van der Waals surface area contributed by atoms with Crippen LogP contribution < -0.4 is 5.73 Å². The zero-order valence-corrected chi connectivity index (χ0v) is 9.11. The summed E-state index contributed by atoms with van der Waals surface area (Å²) in [4.78, 5) is 10.5. The van der Waals surface area contributed by atoms with E-state index in [1.165, 1.54) is 25.7 Å². The molecule has 2 nitrogen and oxygen atoms in total. The first kappa shape index (κ1) is 10.9. The van der Waals surface area contributed by atoms with E-state index in [9.17, 15) is 4.79 Å². The van der Waals surface area contributed by atoms with E-state index in [1.54, 1.807) is 0 Å². The Kier molecular flexibility index (Phi) is 4.64. The highest BCUT2D eigenvalue weighted by Gasteiger charge is 2.18. The number of rotatable bonds is 4. The molecular formula is C10H19NOS. The molecule has 0 aromatic rings. The molecule has 0 saturated heterocycles. The Bertz CT molecular complexity index is 172. The Morgan fingerprint density at radius 2 is 2.31 bits per heavy atom. The van der Waals surface area contributed by atoms with Gasteiger partial charge in [0.2, 0.25) is 5.91 Å². The van der Waals surface area contributed by atoms with Crippen molar-refractivity contribution in [3.8, 4) is 0 Å². The first-order valence-corrected chi connectivity index (χ1v) is 6.13. The van der Waals surface area contributed by atoms with Crippen LogP contribution in [-0.4, -0.2) is 16.9 Å². The minimum absolute atomic E-state index is 0.170. The molecule has 0 aromatic carbocycles. The van der Waals surface area contributed by atoms with Crippen molar-refractivity contribution in [2.45, 2.75) is 44.3 Å². The van der Waals surface area contributed by atoms with Crippen LogP contribution in [0.4, 0.5) is 0 Å². The second-order valence-electron chi connectivity index (χ2n) is 3.98. The van der Waals surface area contributed by atoms with Gasteiger partial charge in [0.25, 0.3) is 0 Å². The molecule has 2 unspecified atom stereocenters. The number of hydrogen-bond donors (Lipinski definition) is 1. The minimum Gasteiger partial charge on any atom is -0.370 e. The van der Waals surface area contributed by atoms with Crippen LogP contribution in [0.5, 0.6) is 0 Å². The smallest absolute Gasteiger partial charge is 0.218 e. The molecule has 2 atom stereocenters. The Morgan fingerprint density at radius 1 is 1.54 bits per heavy atom. The van der Waals surface area contributed by atoms with Gasteiger partial charge in [-0.2, -0.15) is 11.8 Å². The fourth-order valence-corrected chi connectivity index (χ4v) is 3.31. The maximum absolute atomic E-state index is 10.5. The third-order valence-electron chi connectivity index (χ3n) is 2.59. The number of carbonyl (C=O) groups is 1. The van der Waals surface area contributed by atoms with Gasteiger partial charge in [0.05, 0.1) is 0 Å². The van der Waals surface area contributed by atoms with Crippen LogP contribution in [0, 0.1) is 5.92 Å². The Labute approximate surface area is 84.6 Å². The summed E-state index contributed by atoms with van der Waals surface area (Å²) in [7, 11) is 0. The standard InChI is InChI=1S/C10H19NOS/c1-8-3-2-4-9(7-8)13-6-5-10(11)12/h8-9H,2-7H2,1H3,(H2,11,12). The van der Waals surface area contributed by atoms with Crippen LogP contribution in [0.2, 0.25) is 0 Å². The first-order valence-electron chi connectivity index (χ1n) is 5.08. The van der Waals surface area contributed by atoms with Crippen molar-refractivity contribution in [3.63, 3.8) is 0 Å². The summed E-state index contributed by atoms with van der Waals surface area (Å²) in [6, 6.07) is 0. The van der Waals surface area contributed by atoms with Gasteiger partial charge in [0.1, 0.15) is 0 Å². The lowest BCUT2D eigenvalue weighted by atomic mass is 9.91. The van der Waals surface area contributed by atoms with Crippen molar-refractivity contribution in [1.29, 1.82) is 0 Å².